The predicted octanol–water partition coefficient (Wildman–Crippen LogP) is 3.94. The standard InChI is InChI=1S/C19H24N4O4S/c1-4-5-6-9-22(11-17(24)21-19-20-14(3)12-28-19)18(25)15-8-7-13(2)16(10-15)23(26)27/h7-8,10,12H,4-6,9,11H2,1-3H3,(H,20,21,24). The van der Waals surface area contributed by atoms with Gasteiger partial charge in [-0.1, -0.05) is 25.8 Å². The fourth-order valence-corrected chi connectivity index (χ4v) is 3.37. The number of rotatable bonds is 9. The first-order valence-corrected chi connectivity index (χ1v) is 9.96. The van der Waals surface area contributed by atoms with Crippen LogP contribution in [0.15, 0.2) is 23.6 Å². The molecule has 28 heavy (non-hydrogen) atoms. The van der Waals surface area contributed by atoms with Gasteiger partial charge < -0.3 is 10.2 Å². The number of nitro benzene ring substituents is 1. The lowest BCUT2D eigenvalue weighted by molar-refractivity contribution is -0.385. The second-order valence-electron chi connectivity index (χ2n) is 6.53. The number of anilines is 1. The minimum Gasteiger partial charge on any atom is -0.329 e. The van der Waals surface area contributed by atoms with E-state index in [1.165, 1.54) is 22.3 Å². The Bertz CT molecular complexity index is 865. The van der Waals surface area contributed by atoms with E-state index in [1.807, 2.05) is 19.2 Å². The van der Waals surface area contributed by atoms with Crippen molar-refractivity contribution in [2.75, 3.05) is 18.4 Å². The lowest BCUT2D eigenvalue weighted by Crippen LogP contribution is -2.38. The molecule has 1 heterocycles. The van der Waals surface area contributed by atoms with Crippen LogP contribution in [0.2, 0.25) is 0 Å². The van der Waals surface area contributed by atoms with Crippen LogP contribution in [-0.4, -0.2) is 39.7 Å². The van der Waals surface area contributed by atoms with Gasteiger partial charge in [-0.05, 0) is 26.3 Å². The van der Waals surface area contributed by atoms with Crippen LogP contribution in [0, 0.1) is 24.0 Å². The topological polar surface area (TPSA) is 105 Å². The molecule has 0 saturated carbocycles. The summed E-state index contributed by atoms with van der Waals surface area (Å²) < 4.78 is 0. The van der Waals surface area contributed by atoms with Gasteiger partial charge in [0.05, 0.1) is 10.6 Å². The quantitative estimate of drug-likeness (QED) is 0.387. The van der Waals surface area contributed by atoms with Gasteiger partial charge in [0, 0.05) is 29.1 Å². The molecule has 2 amide bonds. The largest absolute Gasteiger partial charge is 0.329 e. The average molecular weight is 404 g/mol. The molecule has 0 fully saturated rings. The van der Waals surface area contributed by atoms with E-state index in [1.54, 1.807) is 19.1 Å². The summed E-state index contributed by atoms with van der Waals surface area (Å²) in [6, 6.07) is 4.38. The van der Waals surface area contributed by atoms with Gasteiger partial charge in [0.1, 0.15) is 6.54 Å². The van der Waals surface area contributed by atoms with Crippen LogP contribution in [0.5, 0.6) is 0 Å². The molecule has 1 N–H and O–H groups in total. The molecule has 2 rings (SSSR count). The van der Waals surface area contributed by atoms with E-state index in [0.717, 1.165) is 25.0 Å². The molecule has 150 valence electrons. The zero-order chi connectivity index (χ0) is 20.7. The van der Waals surface area contributed by atoms with Crippen molar-refractivity contribution in [1.29, 1.82) is 0 Å². The summed E-state index contributed by atoms with van der Waals surface area (Å²) in [4.78, 5) is 41.6. The van der Waals surface area contributed by atoms with Gasteiger partial charge in [-0.3, -0.25) is 19.7 Å². The fraction of sp³-hybridized carbons (Fsp3) is 0.421. The van der Waals surface area contributed by atoms with Crippen molar-refractivity contribution in [1.82, 2.24) is 9.88 Å². The van der Waals surface area contributed by atoms with Crippen molar-refractivity contribution in [3.63, 3.8) is 0 Å². The van der Waals surface area contributed by atoms with Crippen LogP contribution in [0.1, 0.15) is 47.8 Å². The number of aromatic nitrogens is 1. The van der Waals surface area contributed by atoms with E-state index >= 15 is 0 Å². The first kappa shape index (κ1) is 21.5. The fourth-order valence-electron chi connectivity index (χ4n) is 2.67. The van der Waals surface area contributed by atoms with Gasteiger partial charge in [-0.25, -0.2) is 4.98 Å². The maximum atomic E-state index is 12.9. The van der Waals surface area contributed by atoms with Gasteiger partial charge in [0.2, 0.25) is 5.91 Å². The van der Waals surface area contributed by atoms with E-state index < -0.39 is 10.8 Å². The molecule has 1 aromatic heterocycles. The first-order valence-electron chi connectivity index (χ1n) is 9.08. The van der Waals surface area contributed by atoms with E-state index in [9.17, 15) is 19.7 Å². The highest BCUT2D eigenvalue weighted by Gasteiger charge is 2.22. The van der Waals surface area contributed by atoms with E-state index in [2.05, 4.69) is 10.3 Å². The summed E-state index contributed by atoms with van der Waals surface area (Å²) in [5.74, 6) is -0.745. The number of hydrogen-bond acceptors (Lipinski definition) is 6. The van der Waals surface area contributed by atoms with E-state index in [-0.39, 0.29) is 23.7 Å². The maximum absolute atomic E-state index is 12.9. The molecule has 1 aromatic carbocycles. The third-order valence-electron chi connectivity index (χ3n) is 4.17. The molecule has 0 unspecified atom stereocenters. The van der Waals surface area contributed by atoms with Crippen molar-refractivity contribution in [3.8, 4) is 0 Å². The third kappa shape index (κ3) is 5.85. The average Bonchev–Trinajstić information content (AvgIpc) is 3.05. The molecule has 0 aliphatic carbocycles. The van der Waals surface area contributed by atoms with Crippen LogP contribution < -0.4 is 5.32 Å². The number of nitro groups is 1. The minimum absolute atomic E-state index is 0.109. The zero-order valence-electron chi connectivity index (χ0n) is 16.2. The molecule has 0 aliphatic heterocycles. The molecule has 0 atom stereocenters. The Hall–Kier alpha value is -2.81. The van der Waals surface area contributed by atoms with Crippen molar-refractivity contribution in [2.24, 2.45) is 0 Å². The second-order valence-corrected chi connectivity index (χ2v) is 7.39. The lowest BCUT2D eigenvalue weighted by Gasteiger charge is -2.22. The van der Waals surface area contributed by atoms with Gasteiger partial charge in [-0.15, -0.1) is 11.3 Å². The number of carbonyl (C=O) groups is 2. The smallest absolute Gasteiger partial charge is 0.273 e. The Balaban J connectivity index is 2.16. The van der Waals surface area contributed by atoms with Gasteiger partial charge in [-0.2, -0.15) is 0 Å². The van der Waals surface area contributed by atoms with Crippen molar-refractivity contribution in [3.05, 3.63) is 50.5 Å². The minimum atomic E-state index is -0.509. The molecule has 0 spiro atoms. The summed E-state index contributed by atoms with van der Waals surface area (Å²) in [5, 5.41) is 16.2. The molecule has 8 nitrogen and oxygen atoms in total. The van der Waals surface area contributed by atoms with Crippen LogP contribution in [0.25, 0.3) is 0 Å². The molecular weight excluding hydrogens is 380 g/mol. The van der Waals surface area contributed by atoms with E-state index in [4.69, 9.17) is 0 Å². The number of unbranched alkanes of at least 4 members (excludes halogenated alkanes) is 2. The second kappa shape index (κ2) is 9.93. The van der Waals surface area contributed by atoms with Gasteiger partial charge in [0.25, 0.3) is 11.6 Å². The van der Waals surface area contributed by atoms with Gasteiger partial charge >= 0.3 is 0 Å². The number of aryl methyl sites for hydroxylation is 2. The molecule has 0 saturated heterocycles. The van der Waals surface area contributed by atoms with E-state index in [0.29, 0.717) is 17.2 Å². The number of hydrogen-bond donors (Lipinski definition) is 1. The number of nitrogens with zero attached hydrogens (tertiary/aromatic N) is 3. The molecule has 2 aromatic rings. The first-order chi connectivity index (χ1) is 13.3. The van der Waals surface area contributed by atoms with Crippen molar-refractivity contribution in [2.45, 2.75) is 40.0 Å². The monoisotopic (exact) mass is 404 g/mol. The summed E-state index contributed by atoms with van der Waals surface area (Å²) in [6.45, 7) is 5.76. The van der Waals surface area contributed by atoms with Gasteiger partial charge in [0.15, 0.2) is 5.13 Å². The highest BCUT2D eigenvalue weighted by Crippen LogP contribution is 2.21. The van der Waals surface area contributed by atoms with Crippen LogP contribution in [-0.2, 0) is 4.79 Å². The molecule has 0 aliphatic rings. The Morgan fingerprint density at radius 1 is 1.29 bits per heavy atom. The van der Waals surface area contributed by atoms with Crippen molar-refractivity contribution < 1.29 is 14.5 Å². The molecular formula is C19H24N4O4S. The molecule has 9 heteroatoms. The van der Waals surface area contributed by atoms with Crippen molar-refractivity contribution >= 4 is 34.0 Å². The molecule has 0 radical (unpaired) electrons. The Morgan fingerprint density at radius 3 is 2.64 bits per heavy atom. The summed E-state index contributed by atoms with van der Waals surface area (Å²) in [6.07, 6.45) is 2.65. The molecule has 0 bridgehead atoms. The normalized spacial score (nSPS) is 10.5. The summed E-state index contributed by atoms with van der Waals surface area (Å²) in [5.41, 5.74) is 1.38. The highest BCUT2D eigenvalue weighted by molar-refractivity contribution is 7.13. The Morgan fingerprint density at radius 2 is 2.04 bits per heavy atom. The number of thiazole rings is 1. The zero-order valence-corrected chi connectivity index (χ0v) is 17.0. The van der Waals surface area contributed by atoms with Crippen LogP contribution in [0.3, 0.4) is 0 Å². The Labute approximate surface area is 167 Å². The number of nitrogens with one attached hydrogen (secondary N) is 1. The Kier molecular flexibility index (Phi) is 7.62. The SMILES string of the molecule is CCCCCN(CC(=O)Nc1nc(C)cs1)C(=O)c1ccc(C)c([N+](=O)[O-])c1. The number of benzene rings is 1. The number of amides is 2. The summed E-state index contributed by atoms with van der Waals surface area (Å²) >= 11 is 1.32. The number of carbonyl (C=O) groups excluding carboxylic acids is 2. The maximum Gasteiger partial charge on any atom is 0.273 e. The highest BCUT2D eigenvalue weighted by atomic mass is 32.1. The summed E-state index contributed by atoms with van der Waals surface area (Å²) in [7, 11) is 0. The lowest BCUT2D eigenvalue weighted by atomic mass is 10.1. The van der Waals surface area contributed by atoms with Crippen LogP contribution in [0.4, 0.5) is 10.8 Å². The predicted molar refractivity (Wildman–Crippen MR) is 109 cm³/mol. The third-order valence-corrected chi connectivity index (χ3v) is 5.05. The van der Waals surface area contributed by atoms with Crippen LogP contribution >= 0.6 is 11.3 Å².